The molecular weight excluding hydrogens is 320 g/mol. The third-order valence-corrected chi connectivity index (χ3v) is 3.69. The summed E-state index contributed by atoms with van der Waals surface area (Å²) < 4.78 is 0. The van der Waals surface area contributed by atoms with Crippen molar-refractivity contribution in [3.63, 3.8) is 0 Å². The summed E-state index contributed by atoms with van der Waals surface area (Å²) in [6.07, 6.45) is 0.0143. The molecule has 9 heteroatoms. The Hall–Kier alpha value is -1.80. The monoisotopic (exact) mass is 332 g/mol. The number of nitro groups is 1. The second kappa shape index (κ2) is 8.48. The van der Waals surface area contributed by atoms with E-state index in [4.69, 9.17) is 16.7 Å². The van der Waals surface area contributed by atoms with Gasteiger partial charge in [-0.05, 0) is 5.56 Å². The molecule has 21 heavy (non-hydrogen) atoms. The maximum absolute atomic E-state index is 11.7. The highest BCUT2D eigenvalue weighted by Crippen LogP contribution is 2.22. The van der Waals surface area contributed by atoms with Crippen molar-refractivity contribution in [1.29, 1.82) is 0 Å². The van der Waals surface area contributed by atoms with Crippen LogP contribution in [0.5, 0.6) is 0 Å². The van der Waals surface area contributed by atoms with Crippen molar-refractivity contribution in [1.82, 2.24) is 5.32 Å². The summed E-state index contributed by atoms with van der Waals surface area (Å²) >= 11 is 7.08. The highest BCUT2D eigenvalue weighted by molar-refractivity contribution is 7.99. The van der Waals surface area contributed by atoms with Crippen LogP contribution in [0, 0.1) is 10.1 Å². The van der Waals surface area contributed by atoms with Gasteiger partial charge >= 0.3 is 5.97 Å². The Balaban J connectivity index is 2.41. The molecule has 1 aromatic carbocycles. The normalized spacial score (nSPS) is 10.1. The number of nitrogens with zero attached hydrogens (tertiary/aromatic N) is 1. The number of carboxylic acid groups (broad SMARTS) is 1. The van der Waals surface area contributed by atoms with E-state index >= 15 is 0 Å². The number of non-ortho nitro benzene ring substituents is 1. The van der Waals surface area contributed by atoms with E-state index in [1.54, 1.807) is 0 Å². The van der Waals surface area contributed by atoms with E-state index in [-0.39, 0.29) is 28.8 Å². The van der Waals surface area contributed by atoms with Crippen molar-refractivity contribution in [2.24, 2.45) is 0 Å². The molecule has 1 aromatic rings. The summed E-state index contributed by atoms with van der Waals surface area (Å²) in [5.74, 6) is -0.693. The number of thioether (sulfide) groups is 1. The smallest absolute Gasteiger partial charge is 0.313 e. The third-order valence-electron chi connectivity index (χ3n) is 2.39. The number of hydrogen-bond donors (Lipinski definition) is 2. The number of carbonyl (C=O) groups is 2. The van der Waals surface area contributed by atoms with Crippen LogP contribution in [0.15, 0.2) is 18.2 Å². The number of rotatable bonds is 8. The number of nitro benzene ring substituents is 1. The van der Waals surface area contributed by atoms with Crippen LogP contribution in [0.1, 0.15) is 5.56 Å². The van der Waals surface area contributed by atoms with Crippen molar-refractivity contribution in [2.75, 3.05) is 18.1 Å². The minimum atomic E-state index is -0.899. The van der Waals surface area contributed by atoms with Gasteiger partial charge in [0.25, 0.3) is 5.69 Å². The van der Waals surface area contributed by atoms with Gasteiger partial charge in [0.05, 0.1) is 22.1 Å². The second-order valence-corrected chi connectivity index (χ2v) is 5.52. The molecule has 0 aromatic heterocycles. The number of halogens is 1. The summed E-state index contributed by atoms with van der Waals surface area (Å²) in [4.78, 5) is 31.9. The fourth-order valence-electron chi connectivity index (χ4n) is 1.45. The molecule has 0 fully saturated rings. The van der Waals surface area contributed by atoms with E-state index in [0.29, 0.717) is 17.9 Å². The van der Waals surface area contributed by atoms with Crippen LogP contribution in [0.3, 0.4) is 0 Å². The summed E-state index contributed by atoms with van der Waals surface area (Å²) in [6.45, 7) is 0.349. The van der Waals surface area contributed by atoms with Crippen LogP contribution in [0.4, 0.5) is 5.69 Å². The number of aliphatic carboxylic acids is 1. The Bertz CT molecular complexity index is 552. The molecule has 0 unspecified atom stereocenters. The van der Waals surface area contributed by atoms with Crippen LogP contribution >= 0.6 is 23.4 Å². The maximum Gasteiger partial charge on any atom is 0.313 e. The first-order valence-electron chi connectivity index (χ1n) is 5.89. The zero-order chi connectivity index (χ0) is 15.8. The van der Waals surface area contributed by atoms with Gasteiger partial charge in [0.1, 0.15) is 0 Å². The molecule has 0 heterocycles. The van der Waals surface area contributed by atoms with Gasteiger partial charge in [-0.25, -0.2) is 0 Å². The Morgan fingerprint density at radius 2 is 2.14 bits per heavy atom. The number of benzene rings is 1. The van der Waals surface area contributed by atoms with Crippen molar-refractivity contribution < 1.29 is 19.6 Å². The van der Waals surface area contributed by atoms with Gasteiger partial charge in [-0.1, -0.05) is 17.7 Å². The first kappa shape index (κ1) is 17.3. The summed E-state index contributed by atoms with van der Waals surface area (Å²) in [5, 5.41) is 21.8. The number of nitrogens with one attached hydrogen (secondary N) is 1. The van der Waals surface area contributed by atoms with E-state index in [0.717, 1.165) is 0 Å². The van der Waals surface area contributed by atoms with Crippen LogP contribution in [0.2, 0.25) is 5.02 Å². The Morgan fingerprint density at radius 3 is 2.71 bits per heavy atom. The first-order chi connectivity index (χ1) is 9.90. The molecule has 0 aliphatic carbocycles. The molecule has 114 valence electrons. The standard InChI is InChI=1S/C12H13ClN2O5S/c13-10-6-9(15(19)20)2-1-8(10)5-11(16)14-3-4-21-7-12(17)18/h1-2,6H,3-5,7H2,(H,14,16)(H,17,18). The highest BCUT2D eigenvalue weighted by Gasteiger charge is 2.12. The van der Waals surface area contributed by atoms with Crippen LogP contribution < -0.4 is 5.32 Å². The van der Waals surface area contributed by atoms with Gasteiger partial charge in [-0.3, -0.25) is 19.7 Å². The zero-order valence-corrected chi connectivity index (χ0v) is 12.4. The van der Waals surface area contributed by atoms with Gasteiger partial charge in [0, 0.05) is 24.4 Å². The first-order valence-corrected chi connectivity index (χ1v) is 7.42. The van der Waals surface area contributed by atoms with E-state index in [1.165, 1.54) is 30.0 Å². The molecule has 2 N–H and O–H groups in total. The quantitative estimate of drug-likeness (QED) is 0.426. The summed E-state index contributed by atoms with van der Waals surface area (Å²) in [6, 6.07) is 3.93. The third kappa shape index (κ3) is 6.46. The summed E-state index contributed by atoms with van der Waals surface area (Å²) in [7, 11) is 0. The fraction of sp³-hybridized carbons (Fsp3) is 0.333. The minimum Gasteiger partial charge on any atom is -0.481 e. The topological polar surface area (TPSA) is 110 Å². The lowest BCUT2D eigenvalue weighted by atomic mass is 10.1. The Kier molecular flexibility index (Phi) is 6.97. The van der Waals surface area contributed by atoms with Crippen LogP contribution in [-0.2, 0) is 16.0 Å². The van der Waals surface area contributed by atoms with Gasteiger partial charge < -0.3 is 10.4 Å². The number of carbonyl (C=O) groups excluding carboxylic acids is 1. The van der Waals surface area contributed by atoms with E-state index in [9.17, 15) is 19.7 Å². The molecule has 0 bridgehead atoms. The molecule has 0 atom stereocenters. The lowest BCUT2D eigenvalue weighted by Gasteiger charge is -2.06. The number of amides is 1. The zero-order valence-electron chi connectivity index (χ0n) is 10.9. The largest absolute Gasteiger partial charge is 0.481 e. The molecule has 0 aliphatic heterocycles. The maximum atomic E-state index is 11.7. The molecule has 7 nitrogen and oxygen atoms in total. The number of carboxylic acids is 1. The molecule has 1 amide bonds. The lowest BCUT2D eigenvalue weighted by Crippen LogP contribution is -2.27. The predicted molar refractivity (Wildman–Crippen MR) is 79.8 cm³/mol. The molecule has 0 spiro atoms. The van der Waals surface area contributed by atoms with E-state index in [1.807, 2.05) is 0 Å². The molecule has 1 rings (SSSR count). The van der Waals surface area contributed by atoms with E-state index < -0.39 is 10.9 Å². The summed E-state index contributed by atoms with van der Waals surface area (Å²) in [5.41, 5.74) is 0.368. The van der Waals surface area contributed by atoms with Crippen LogP contribution in [-0.4, -0.2) is 40.0 Å². The molecule has 0 radical (unpaired) electrons. The highest BCUT2D eigenvalue weighted by atomic mass is 35.5. The predicted octanol–water partition coefficient (Wildman–Crippen LogP) is 1.72. The average Bonchev–Trinajstić information content (AvgIpc) is 2.40. The van der Waals surface area contributed by atoms with Gasteiger partial charge in [-0.15, -0.1) is 11.8 Å². The van der Waals surface area contributed by atoms with Gasteiger partial charge in [-0.2, -0.15) is 0 Å². The Labute approximate surface area is 129 Å². The minimum absolute atomic E-state index is 0.00987. The SMILES string of the molecule is O=C(O)CSCCNC(=O)Cc1ccc([N+](=O)[O-])cc1Cl. The molecule has 0 saturated carbocycles. The van der Waals surface area contributed by atoms with Crippen LogP contribution in [0.25, 0.3) is 0 Å². The average molecular weight is 333 g/mol. The second-order valence-electron chi connectivity index (χ2n) is 4.01. The van der Waals surface area contributed by atoms with Crippen molar-refractivity contribution in [3.8, 4) is 0 Å². The van der Waals surface area contributed by atoms with Crippen molar-refractivity contribution in [3.05, 3.63) is 38.9 Å². The fourth-order valence-corrected chi connectivity index (χ4v) is 2.26. The van der Waals surface area contributed by atoms with E-state index in [2.05, 4.69) is 5.32 Å². The molecule has 0 aliphatic rings. The molecular formula is C12H13ClN2O5S. The molecule has 0 saturated heterocycles. The van der Waals surface area contributed by atoms with Crippen molar-refractivity contribution in [2.45, 2.75) is 6.42 Å². The number of hydrogen-bond acceptors (Lipinski definition) is 5. The van der Waals surface area contributed by atoms with Gasteiger partial charge in [0.2, 0.25) is 5.91 Å². The van der Waals surface area contributed by atoms with Gasteiger partial charge in [0.15, 0.2) is 0 Å². The lowest BCUT2D eigenvalue weighted by molar-refractivity contribution is -0.384. The Morgan fingerprint density at radius 1 is 1.43 bits per heavy atom. The van der Waals surface area contributed by atoms with Crippen molar-refractivity contribution >= 4 is 40.9 Å².